The van der Waals surface area contributed by atoms with E-state index in [1.807, 2.05) is 0 Å². The molecule has 0 bridgehead atoms. The Kier molecular flexibility index (Phi) is 4.83. The molecule has 1 heterocycles. The number of hydrogen-bond donors (Lipinski definition) is 1. The van der Waals surface area contributed by atoms with E-state index in [0.29, 0.717) is 11.1 Å². The fourth-order valence-electron chi connectivity index (χ4n) is 2.11. The van der Waals surface area contributed by atoms with Crippen molar-refractivity contribution in [1.82, 2.24) is 14.7 Å². The van der Waals surface area contributed by atoms with Gasteiger partial charge in [-0.2, -0.15) is 18.3 Å². The first-order chi connectivity index (χ1) is 11.2. The second kappa shape index (κ2) is 6.66. The minimum Gasteiger partial charge on any atom is -0.396 e. The van der Waals surface area contributed by atoms with Gasteiger partial charge in [0, 0.05) is 18.8 Å². The number of carbonyl (C=O) groups is 1. The summed E-state index contributed by atoms with van der Waals surface area (Å²) in [6, 6.07) is 6.45. The lowest BCUT2D eigenvalue weighted by molar-refractivity contribution is -0.140. The van der Waals surface area contributed by atoms with E-state index in [0.717, 1.165) is 10.9 Å². The van der Waals surface area contributed by atoms with Gasteiger partial charge < -0.3 is 10.6 Å². The van der Waals surface area contributed by atoms with Crippen LogP contribution in [0.3, 0.4) is 0 Å². The van der Waals surface area contributed by atoms with Gasteiger partial charge in [-0.3, -0.25) is 9.48 Å². The summed E-state index contributed by atoms with van der Waals surface area (Å²) in [4.78, 5) is 13.4. The predicted molar refractivity (Wildman–Crippen MR) is 83.0 cm³/mol. The van der Waals surface area contributed by atoms with E-state index in [1.165, 1.54) is 4.90 Å². The van der Waals surface area contributed by atoms with Crippen LogP contribution in [0.4, 0.5) is 18.9 Å². The third-order valence-electron chi connectivity index (χ3n) is 3.28. The van der Waals surface area contributed by atoms with Gasteiger partial charge in [0.15, 0.2) is 5.69 Å². The van der Waals surface area contributed by atoms with E-state index < -0.39 is 17.6 Å². The number of terminal acetylenes is 1. The van der Waals surface area contributed by atoms with Crippen LogP contribution >= 0.6 is 0 Å². The Hall–Kier alpha value is -2.95. The standard InChI is InChI=1S/C16H15F3N4O/c1-3-8-22(2)15(24)12-6-4-11(5-7-12)9-23-10-13(20)14(21-23)16(17,18)19/h1,4-7,10H,8-9,20H2,2H3. The van der Waals surface area contributed by atoms with Gasteiger partial charge >= 0.3 is 6.18 Å². The molecule has 1 aromatic heterocycles. The molecule has 2 aromatic rings. The van der Waals surface area contributed by atoms with Crippen molar-refractivity contribution in [3.63, 3.8) is 0 Å². The molecular weight excluding hydrogens is 321 g/mol. The number of aromatic nitrogens is 2. The quantitative estimate of drug-likeness (QED) is 0.871. The highest BCUT2D eigenvalue weighted by molar-refractivity contribution is 5.94. The van der Waals surface area contributed by atoms with E-state index in [-0.39, 0.29) is 19.0 Å². The summed E-state index contributed by atoms with van der Waals surface area (Å²) in [5, 5.41) is 3.46. The van der Waals surface area contributed by atoms with Gasteiger partial charge in [0.2, 0.25) is 0 Å². The van der Waals surface area contributed by atoms with Crippen LogP contribution in [0.2, 0.25) is 0 Å². The Morgan fingerprint density at radius 2 is 2.00 bits per heavy atom. The largest absolute Gasteiger partial charge is 0.437 e. The zero-order valence-electron chi connectivity index (χ0n) is 12.8. The molecule has 2 rings (SSSR count). The summed E-state index contributed by atoms with van der Waals surface area (Å²) < 4.78 is 39.1. The van der Waals surface area contributed by atoms with E-state index in [1.54, 1.807) is 31.3 Å². The van der Waals surface area contributed by atoms with Crippen molar-refractivity contribution in [3.05, 3.63) is 47.3 Å². The summed E-state index contributed by atoms with van der Waals surface area (Å²) in [6.45, 7) is 0.294. The normalized spacial score (nSPS) is 11.1. The second-order valence-corrected chi connectivity index (χ2v) is 5.19. The zero-order valence-corrected chi connectivity index (χ0v) is 12.8. The van der Waals surface area contributed by atoms with Crippen molar-refractivity contribution in [2.75, 3.05) is 19.3 Å². The molecule has 0 saturated carbocycles. The number of benzene rings is 1. The number of amides is 1. The first-order valence-electron chi connectivity index (χ1n) is 6.90. The van der Waals surface area contributed by atoms with Crippen LogP contribution in [0, 0.1) is 12.3 Å². The van der Waals surface area contributed by atoms with E-state index in [9.17, 15) is 18.0 Å². The average molecular weight is 336 g/mol. The summed E-state index contributed by atoms with van der Waals surface area (Å²) in [7, 11) is 1.58. The number of nitrogens with two attached hydrogens (primary N) is 1. The lowest BCUT2D eigenvalue weighted by Gasteiger charge is -2.14. The second-order valence-electron chi connectivity index (χ2n) is 5.19. The Balaban J connectivity index is 2.13. The van der Waals surface area contributed by atoms with Gasteiger partial charge in [-0.05, 0) is 17.7 Å². The first kappa shape index (κ1) is 17.4. The monoisotopic (exact) mass is 336 g/mol. The number of halogens is 3. The third kappa shape index (κ3) is 3.87. The van der Waals surface area contributed by atoms with Gasteiger partial charge in [-0.15, -0.1) is 6.42 Å². The van der Waals surface area contributed by atoms with Crippen LogP contribution in [0.15, 0.2) is 30.5 Å². The van der Waals surface area contributed by atoms with Crippen LogP contribution in [0.25, 0.3) is 0 Å². The van der Waals surface area contributed by atoms with Crippen molar-refractivity contribution >= 4 is 11.6 Å². The smallest absolute Gasteiger partial charge is 0.396 e. The van der Waals surface area contributed by atoms with Crippen molar-refractivity contribution in [3.8, 4) is 12.3 Å². The van der Waals surface area contributed by atoms with Crippen LogP contribution < -0.4 is 5.73 Å². The molecule has 8 heteroatoms. The molecule has 0 saturated heterocycles. The van der Waals surface area contributed by atoms with E-state index in [2.05, 4.69) is 11.0 Å². The van der Waals surface area contributed by atoms with Gasteiger partial charge in [-0.25, -0.2) is 0 Å². The van der Waals surface area contributed by atoms with Gasteiger partial charge in [0.1, 0.15) is 0 Å². The lowest BCUT2D eigenvalue weighted by Crippen LogP contribution is -2.26. The Bertz CT molecular complexity index is 772. The third-order valence-corrected chi connectivity index (χ3v) is 3.28. The molecule has 126 valence electrons. The number of nitrogens with zero attached hydrogens (tertiary/aromatic N) is 3. The van der Waals surface area contributed by atoms with Crippen LogP contribution in [0.1, 0.15) is 21.6 Å². The summed E-state index contributed by atoms with van der Waals surface area (Å²) >= 11 is 0. The molecular formula is C16H15F3N4O. The molecule has 0 aliphatic rings. The summed E-state index contributed by atoms with van der Waals surface area (Å²) in [5.41, 5.74) is 4.93. The predicted octanol–water partition coefficient (Wildman–Crippen LogP) is 2.24. The Morgan fingerprint density at radius 1 is 1.38 bits per heavy atom. The molecule has 0 atom stereocenters. The minimum absolute atomic E-state index is 0.106. The molecule has 24 heavy (non-hydrogen) atoms. The first-order valence-corrected chi connectivity index (χ1v) is 6.90. The maximum Gasteiger partial charge on any atom is 0.437 e. The van der Waals surface area contributed by atoms with E-state index >= 15 is 0 Å². The maximum absolute atomic E-state index is 12.7. The van der Waals surface area contributed by atoms with Crippen LogP contribution in [-0.4, -0.2) is 34.2 Å². The number of rotatable bonds is 4. The van der Waals surface area contributed by atoms with E-state index in [4.69, 9.17) is 12.2 Å². The average Bonchev–Trinajstić information content (AvgIpc) is 2.88. The lowest BCUT2D eigenvalue weighted by atomic mass is 10.1. The minimum atomic E-state index is -4.59. The topological polar surface area (TPSA) is 64.2 Å². The molecule has 0 unspecified atom stereocenters. The highest BCUT2D eigenvalue weighted by Gasteiger charge is 2.36. The highest BCUT2D eigenvalue weighted by atomic mass is 19.4. The molecule has 0 aliphatic heterocycles. The molecule has 1 aromatic carbocycles. The molecule has 0 fully saturated rings. The van der Waals surface area contributed by atoms with Crippen LogP contribution in [0.5, 0.6) is 0 Å². The number of anilines is 1. The number of nitrogen functional groups attached to an aromatic ring is 1. The SMILES string of the molecule is C#CCN(C)C(=O)c1ccc(Cn2cc(N)c(C(F)(F)F)n2)cc1. The number of hydrogen-bond acceptors (Lipinski definition) is 3. The molecule has 0 aliphatic carbocycles. The number of carbonyl (C=O) groups excluding carboxylic acids is 1. The van der Waals surface area contributed by atoms with Gasteiger partial charge in [0.25, 0.3) is 5.91 Å². The van der Waals surface area contributed by atoms with Crippen LogP contribution in [-0.2, 0) is 12.7 Å². The highest BCUT2D eigenvalue weighted by Crippen LogP contribution is 2.32. The Morgan fingerprint density at radius 3 is 2.50 bits per heavy atom. The molecule has 0 radical (unpaired) electrons. The maximum atomic E-state index is 12.7. The summed E-state index contributed by atoms with van der Waals surface area (Å²) in [6.07, 6.45) is 1.69. The molecule has 2 N–H and O–H groups in total. The zero-order chi connectivity index (χ0) is 17.9. The number of alkyl halides is 3. The van der Waals surface area contributed by atoms with Gasteiger partial charge in [0.05, 0.1) is 18.8 Å². The van der Waals surface area contributed by atoms with Crippen molar-refractivity contribution in [1.29, 1.82) is 0 Å². The van der Waals surface area contributed by atoms with Gasteiger partial charge in [-0.1, -0.05) is 18.1 Å². The van der Waals surface area contributed by atoms with Crippen molar-refractivity contribution in [2.45, 2.75) is 12.7 Å². The molecule has 1 amide bonds. The molecule has 5 nitrogen and oxygen atoms in total. The fourth-order valence-corrected chi connectivity index (χ4v) is 2.11. The van der Waals surface area contributed by atoms with Crippen molar-refractivity contribution < 1.29 is 18.0 Å². The fraction of sp³-hybridized carbons (Fsp3) is 0.250. The van der Waals surface area contributed by atoms with Crippen molar-refractivity contribution in [2.24, 2.45) is 0 Å². The molecule has 0 spiro atoms. The Labute approximate surface area is 136 Å². The summed E-state index contributed by atoms with van der Waals surface area (Å²) in [5.74, 6) is 2.14.